The van der Waals surface area contributed by atoms with Crippen molar-refractivity contribution in [2.75, 3.05) is 0 Å². The Morgan fingerprint density at radius 1 is 1.29 bits per heavy atom. The van der Waals surface area contributed by atoms with Crippen LogP contribution in [0.2, 0.25) is 0 Å². The van der Waals surface area contributed by atoms with Gasteiger partial charge in [-0.25, -0.2) is 0 Å². The van der Waals surface area contributed by atoms with Crippen LogP contribution < -0.4 is 0 Å². The third-order valence-corrected chi connectivity index (χ3v) is 3.64. The van der Waals surface area contributed by atoms with E-state index in [-0.39, 0.29) is 24.3 Å². The van der Waals surface area contributed by atoms with E-state index in [0.717, 1.165) is 12.8 Å². The van der Waals surface area contributed by atoms with Gasteiger partial charge >= 0.3 is 5.97 Å². The molecule has 0 unspecified atom stereocenters. The molecule has 3 atom stereocenters. The fourth-order valence-corrected chi connectivity index (χ4v) is 2.66. The molecule has 0 aromatic rings. The third kappa shape index (κ3) is 4.49. The summed E-state index contributed by atoms with van der Waals surface area (Å²) < 4.78 is 5.49. The molecule has 0 N–H and O–H groups in total. The Kier molecular flexibility index (Phi) is 5.16. The van der Waals surface area contributed by atoms with Crippen LogP contribution in [0.3, 0.4) is 0 Å². The molecule has 1 rings (SSSR count). The Balaban J connectivity index is 2.57. The van der Waals surface area contributed by atoms with Crippen LogP contribution in [0.4, 0.5) is 0 Å². The van der Waals surface area contributed by atoms with Gasteiger partial charge in [0.25, 0.3) is 0 Å². The maximum absolute atomic E-state index is 11.6. The molecule has 17 heavy (non-hydrogen) atoms. The van der Waals surface area contributed by atoms with Crippen molar-refractivity contribution in [1.29, 1.82) is 0 Å². The second-order valence-corrected chi connectivity index (χ2v) is 5.73. The maximum atomic E-state index is 11.6. The zero-order valence-corrected chi connectivity index (χ0v) is 11.4. The lowest BCUT2D eigenvalue weighted by molar-refractivity contribution is -0.157. The van der Waals surface area contributed by atoms with Crippen molar-refractivity contribution in [3.63, 3.8) is 0 Å². The van der Waals surface area contributed by atoms with E-state index in [1.807, 2.05) is 0 Å². The molecule has 3 nitrogen and oxygen atoms in total. The number of carbonyl (C=O) groups is 2. The molecule has 3 heteroatoms. The quantitative estimate of drug-likeness (QED) is 0.560. The molecule has 1 fully saturated rings. The summed E-state index contributed by atoms with van der Waals surface area (Å²) in [5.41, 5.74) is 0. The van der Waals surface area contributed by atoms with E-state index in [1.165, 1.54) is 13.3 Å². The molecule has 0 heterocycles. The Bertz CT molecular complexity index is 283. The van der Waals surface area contributed by atoms with Gasteiger partial charge in [0.05, 0.1) is 0 Å². The molecule has 0 aromatic carbocycles. The number of esters is 1. The van der Waals surface area contributed by atoms with Gasteiger partial charge in [0.1, 0.15) is 18.3 Å². The molecule has 0 bridgehead atoms. The molecular weight excluding hydrogens is 216 g/mol. The summed E-state index contributed by atoms with van der Waals surface area (Å²) in [5.74, 6) is 1.10. The predicted octanol–water partition coefficient (Wildman–Crippen LogP) is 2.97. The monoisotopic (exact) mass is 240 g/mol. The number of hydrogen-bond acceptors (Lipinski definition) is 3. The smallest absolute Gasteiger partial charge is 0.313 e. The van der Waals surface area contributed by atoms with Crippen LogP contribution in [0, 0.1) is 17.8 Å². The van der Waals surface area contributed by atoms with E-state index >= 15 is 0 Å². The van der Waals surface area contributed by atoms with Gasteiger partial charge in [0.15, 0.2) is 0 Å². The van der Waals surface area contributed by atoms with Crippen molar-refractivity contribution in [2.24, 2.45) is 17.8 Å². The molecular formula is C14H24O3. The van der Waals surface area contributed by atoms with E-state index < -0.39 is 0 Å². The van der Waals surface area contributed by atoms with Crippen molar-refractivity contribution in [3.8, 4) is 0 Å². The zero-order valence-electron chi connectivity index (χ0n) is 11.4. The van der Waals surface area contributed by atoms with Crippen molar-refractivity contribution in [1.82, 2.24) is 0 Å². The molecule has 1 aliphatic rings. The lowest BCUT2D eigenvalue weighted by Crippen LogP contribution is -2.36. The third-order valence-electron chi connectivity index (χ3n) is 3.64. The van der Waals surface area contributed by atoms with Gasteiger partial charge in [-0.1, -0.05) is 27.2 Å². The molecule has 0 amide bonds. The number of hydrogen-bond donors (Lipinski definition) is 0. The summed E-state index contributed by atoms with van der Waals surface area (Å²) in [4.78, 5) is 22.4. The molecule has 0 aromatic heterocycles. The van der Waals surface area contributed by atoms with Gasteiger partial charge in [-0.05, 0) is 37.5 Å². The maximum Gasteiger partial charge on any atom is 0.313 e. The van der Waals surface area contributed by atoms with Gasteiger partial charge in [-0.15, -0.1) is 0 Å². The number of carbonyl (C=O) groups excluding carboxylic acids is 2. The van der Waals surface area contributed by atoms with E-state index in [1.54, 1.807) is 0 Å². The standard InChI is InChI=1S/C14H24O3/c1-9(2)12-6-5-10(3)7-13(12)17-14(16)8-11(4)15/h9-10,12-13H,5-8H2,1-4H3/t10-,12+,13-/m1/s1. The first-order valence-electron chi connectivity index (χ1n) is 6.59. The van der Waals surface area contributed by atoms with E-state index in [9.17, 15) is 9.59 Å². The lowest BCUT2D eigenvalue weighted by atomic mass is 9.75. The highest BCUT2D eigenvalue weighted by atomic mass is 16.5. The molecule has 0 radical (unpaired) electrons. The molecule has 98 valence electrons. The second kappa shape index (κ2) is 6.18. The summed E-state index contributed by atoms with van der Waals surface area (Å²) in [5, 5.41) is 0. The summed E-state index contributed by atoms with van der Waals surface area (Å²) in [6.07, 6.45) is 3.19. The van der Waals surface area contributed by atoms with Crippen LogP contribution in [-0.2, 0) is 14.3 Å². The Labute approximate surface area is 104 Å². The average molecular weight is 240 g/mol. The molecule has 1 aliphatic carbocycles. The molecule has 1 saturated carbocycles. The first-order valence-corrected chi connectivity index (χ1v) is 6.59. The number of ketones is 1. The lowest BCUT2D eigenvalue weighted by Gasteiger charge is -2.36. The average Bonchev–Trinajstić information content (AvgIpc) is 2.15. The summed E-state index contributed by atoms with van der Waals surface area (Å²) in [6, 6.07) is 0. The van der Waals surface area contributed by atoms with Crippen molar-refractivity contribution >= 4 is 11.8 Å². The molecule has 0 spiro atoms. The summed E-state index contributed by atoms with van der Waals surface area (Å²) >= 11 is 0. The number of Topliss-reactive ketones (excluding diaryl/α,β-unsaturated/α-hetero) is 1. The minimum atomic E-state index is -0.359. The Morgan fingerprint density at radius 3 is 2.47 bits per heavy atom. The summed E-state index contributed by atoms with van der Waals surface area (Å²) in [7, 11) is 0. The molecule has 0 aliphatic heterocycles. The van der Waals surface area contributed by atoms with Gasteiger partial charge in [0, 0.05) is 0 Å². The number of rotatable bonds is 4. The Morgan fingerprint density at radius 2 is 1.94 bits per heavy atom. The second-order valence-electron chi connectivity index (χ2n) is 5.73. The van der Waals surface area contributed by atoms with E-state index in [2.05, 4.69) is 20.8 Å². The fraction of sp³-hybridized carbons (Fsp3) is 0.857. The molecule has 0 saturated heterocycles. The van der Waals surface area contributed by atoms with E-state index in [4.69, 9.17) is 4.74 Å². The van der Waals surface area contributed by atoms with Crippen LogP contribution in [0.15, 0.2) is 0 Å². The largest absolute Gasteiger partial charge is 0.462 e. The van der Waals surface area contributed by atoms with Crippen LogP contribution >= 0.6 is 0 Å². The highest BCUT2D eigenvalue weighted by Crippen LogP contribution is 2.35. The minimum absolute atomic E-state index is 0.00519. The zero-order chi connectivity index (χ0) is 13.0. The van der Waals surface area contributed by atoms with Crippen LogP contribution in [0.5, 0.6) is 0 Å². The van der Waals surface area contributed by atoms with Crippen LogP contribution in [0.1, 0.15) is 53.4 Å². The van der Waals surface area contributed by atoms with Gasteiger partial charge < -0.3 is 4.74 Å². The van der Waals surface area contributed by atoms with Crippen molar-refractivity contribution < 1.29 is 14.3 Å². The Hall–Kier alpha value is -0.860. The SMILES string of the molecule is CC(=O)CC(=O)O[C@@H]1C[C@H](C)CC[C@H]1C(C)C. The fourth-order valence-electron chi connectivity index (χ4n) is 2.66. The normalized spacial score (nSPS) is 29.1. The van der Waals surface area contributed by atoms with Gasteiger partial charge in [-0.2, -0.15) is 0 Å². The highest BCUT2D eigenvalue weighted by molar-refractivity contribution is 5.94. The van der Waals surface area contributed by atoms with Crippen LogP contribution in [0.25, 0.3) is 0 Å². The van der Waals surface area contributed by atoms with Crippen molar-refractivity contribution in [2.45, 2.75) is 59.5 Å². The first kappa shape index (κ1) is 14.2. The minimum Gasteiger partial charge on any atom is -0.462 e. The van der Waals surface area contributed by atoms with Crippen molar-refractivity contribution in [3.05, 3.63) is 0 Å². The highest BCUT2D eigenvalue weighted by Gasteiger charge is 2.33. The van der Waals surface area contributed by atoms with Gasteiger partial charge in [0.2, 0.25) is 0 Å². The first-order chi connectivity index (χ1) is 7.90. The topological polar surface area (TPSA) is 43.4 Å². The van der Waals surface area contributed by atoms with E-state index in [0.29, 0.717) is 17.8 Å². The summed E-state index contributed by atoms with van der Waals surface area (Å²) in [6.45, 7) is 7.96. The number of ether oxygens (including phenoxy) is 1. The van der Waals surface area contributed by atoms with Gasteiger partial charge in [-0.3, -0.25) is 9.59 Å². The van der Waals surface area contributed by atoms with Crippen LogP contribution in [-0.4, -0.2) is 17.9 Å². The predicted molar refractivity (Wildman–Crippen MR) is 66.5 cm³/mol.